The normalized spacial score (nSPS) is 15.0. The van der Waals surface area contributed by atoms with Crippen LogP contribution in [0.15, 0.2) is 34.8 Å². The van der Waals surface area contributed by atoms with E-state index in [1.54, 1.807) is 6.08 Å². The number of carbonyl (C=O) groups is 1. The highest BCUT2D eigenvalue weighted by molar-refractivity contribution is 5.91. The van der Waals surface area contributed by atoms with Gasteiger partial charge < -0.3 is 9.73 Å². The van der Waals surface area contributed by atoms with Gasteiger partial charge in [-0.25, -0.2) is 4.98 Å². The maximum atomic E-state index is 11.8. The Morgan fingerprint density at radius 1 is 1.45 bits per heavy atom. The average molecular weight is 299 g/mol. The van der Waals surface area contributed by atoms with Crippen molar-refractivity contribution in [3.63, 3.8) is 0 Å². The molecule has 0 bridgehead atoms. The highest BCUT2D eigenvalue weighted by Gasteiger charge is 2.27. The molecule has 1 amide bonds. The number of para-hydroxylation sites is 2. The summed E-state index contributed by atoms with van der Waals surface area (Å²) in [5.41, 5.74) is 1.52. The summed E-state index contributed by atoms with van der Waals surface area (Å²) in [5, 5.41) is 2.90. The number of hydrogen-bond donors (Lipinski definition) is 1. The van der Waals surface area contributed by atoms with Gasteiger partial charge in [-0.3, -0.25) is 9.69 Å². The van der Waals surface area contributed by atoms with E-state index in [1.165, 1.54) is 18.9 Å². The molecule has 1 heterocycles. The molecule has 1 aromatic carbocycles. The molecule has 5 heteroatoms. The molecule has 0 spiro atoms. The van der Waals surface area contributed by atoms with Crippen LogP contribution in [0.3, 0.4) is 0 Å². The highest BCUT2D eigenvalue weighted by atomic mass is 16.3. The van der Waals surface area contributed by atoms with E-state index in [1.807, 2.05) is 24.3 Å². The number of amides is 1. The maximum absolute atomic E-state index is 11.8. The Morgan fingerprint density at radius 3 is 3.00 bits per heavy atom. The largest absolute Gasteiger partial charge is 0.437 e. The molecule has 1 aliphatic carbocycles. The van der Waals surface area contributed by atoms with Crippen LogP contribution in [0.25, 0.3) is 17.2 Å². The first-order valence-corrected chi connectivity index (χ1v) is 7.82. The zero-order valence-corrected chi connectivity index (χ0v) is 12.8. The first-order valence-electron chi connectivity index (χ1n) is 7.82. The van der Waals surface area contributed by atoms with Crippen LogP contribution in [-0.2, 0) is 4.79 Å². The second-order valence-electron chi connectivity index (χ2n) is 5.50. The summed E-state index contributed by atoms with van der Waals surface area (Å²) >= 11 is 0. The molecular formula is C17H21N3O2. The number of nitrogens with zero attached hydrogens (tertiary/aromatic N) is 2. The second kappa shape index (κ2) is 6.75. The summed E-state index contributed by atoms with van der Waals surface area (Å²) in [7, 11) is 0. The van der Waals surface area contributed by atoms with Gasteiger partial charge in [-0.2, -0.15) is 0 Å². The van der Waals surface area contributed by atoms with Gasteiger partial charge >= 0.3 is 0 Å². The molecule has 0 radical (unpaired) electrons. The molecule has 1 aliphatic rings. The lowest BCUT2D eigenvalue weighted by atomic mass is 10.3. The molecule has 5 nitrogen and oxygen atoms in total. The minimum atomic E-state index is -0.117. The molecule has 3 rings (SSSR count). The summed E-state index contributed by atoms with van der Waals surface area (Å²) in [5.74, 6) is 0.332. The van der Waals surface area contributed by atoms with Crippen LogP contribution in [0, 0.1) is 0 Å². The highest BCUT2D eigenvalue weighted by Crippen LogP contribution is 2.25. The lowest BCUT2D eigenvalue weighted by Crippen LogP contribution is -2.35. The molecule has 0 atom stereocenters. The van der Waals surface area contributed by atoms with Crippen LogP contribution in [0.5, 0.6) is 0 Å². The number of rotatable bonds is 7. The van der Waals surface area contributed by atoms with E-state index in [2.05, 4.69) is 22.1 Å². The van der Waals surface area contributed by atoms with E-state index >= 15 is 0 Å². The van der Waals surface area contributed by atoms with E-state index < -0.39 is 0 Å². The monoisotopic (exact) mass is 299 g/mol. The average Bonchev–Trinajstić information content (AvgIpc) is 3.28. The predicted molar refractivity (Wildman–Crippen MR) is 86.3 cm³/mol. The SMILES string of the molecule is CCN(CCNC(=O)C=Cc1nc2ccccc2o1)C1CC1. The van der Waals surface area contributed by atoms with Crippen LogP contribution in [0.1, 0.15) is 25.7 Å². The number of hydrogen-bond acceptors (Lipinski definition) is 4. The van der Waals surface area contributed by atoms with E-state index in [-0.39, 0.29) is 5.91 Å². The van der Waals surface area contributed by atoms with Gasteiger partial charge in [0, 0.05) is 31.3 Å². The maximum Gasteiger partial charge on any atom is 0.244 e. The number of oxazole rings is 1. The van der Waals surface area contributed by atoms with Crippen molar-refractivity contribution < 1.29 is 9.21 Å². The number of fused-ring (bicyclic) bond motifs is 1. The van der Waals surface area contributed by atoms with Crippen LogP contribution in [-0.4, -0.2) is 41.5 Å². The Hall–Kier alpha value is -2.14. The predicted octanol–water partition coefficient (Wildman–Crippen LogP) is 2.44. The van der Waals surface area contributed by atoms with Crippen molar-refractivity contribution in [1.82, 2.24) is 15.2 Å². The van der Waals surface area contributed by atoms with Gasteiger partial charge in [0.1, 0.15) is 5.52 Å². The lowest BCUT2D eigenvalue weighted by Gasteiger charge is -2.19. The summed E-state index contributed by atoms with van der Waals surface area (Å²) in [6.07, 6.45) is 5.66. The molecule has 1 N–H and O–H groups in total. The van der Waals surface area contributed by atoms with Crippen molar-refractivity contribution in [2.45, 2.75) is 25.8 Å². The van der Waals surface area contributed by atoms with Gasteiger partial charge in [-0.15, -0.1) is 0 Å². The summed E-state index contributed by atoms with van der Waals surface area (Å²) in [4.78, 5) is 18.5. The molecule has 1 aromatic heterocycles. The number of benzene rings is 1. The second-order valence-corrected chi connectivity index (χ2v) is 5.50. The van der Waals surface area contributed by atoms with Crippen LogP contribution in [0.2, 0.25) is 0 Å². The minimum absolute atomic E-state index is 0.117. The fourth-order valence-corrected chi connectivity index (χ4v) is 2.53. The first-order chi connectivity index (χ1) is 10.8. The van der Waals surface area contributed by atoms with Gasteiger partial charge in [-0.1, -0.05) is 19.1 Å². The number of carbonyl (C=O) groups excluding carboxylic acids is 1. The van der Waals surface area contributed by atoms with E-state index in [0.29, 0.717) is 12.4 Å². The smallest absolute Gasteiger partial charge is 0.244 e. The van der Waals surface area contributed by atoms with Crippen LogP contribution >= 0.6 is 0 Å². The Bertz CT molecular complexity index is 640. The molecule has 116 valence electrons. The fraction of sp³-hybridized carbons (Fsp3) is 0.412. The third-order valence-corrected chi connectivity index (χ3v) is 3.86. The van der Waals surface area contributed by atoms with Crippen molar-refractivity contribution in [2.24, 2.45) is 0 Å². The van der Waals surface area contributed by atoms with E-state index in [4.69, 9.17) is 4.42 Å². The summed E-state index contributed by atoms with van der Waals surface area (Å²) in [6.45, 7) is 4.78. The number of nitrogens with one attached hydrogen (secondary N) is 1. The van der Waals surface area contributed by atoms with Gasteiger partial charge in [0.25, 0.3) is 0 Å². The Kier molecular flexibility index (Phi) is 4.53. The third-order valence-electron chi connectivity index (χ3n) is 3.86. The zero-order valence-electron chi connectivity index (χ0n) is 12.8. The number of likely N-dealkylation sites (N-methyl/N-ethyl adjacent to an activating group) is 1. The molecule has 1 saturated carbocycles. The Morgan fingerprint density at radius 2 is 2.27 bits per heavy atom. The van der Waals surface area contributed by atoms with Crippen LogP contribution < -0.4 is 5.32 Å². The molecule has 0 saturated heterocycles. The third kappa shape index (κ3) is 3.74. The first kappa shape index (κ1) is 14.8. The van der Waals surface area contributed by atoms with Crippen LogP contribution in [0.4, 0.5) is 0 Å². The molecule has 0 unspecified atom stereocenters. The Balaban J connectivity index is 1.48. The molecule has 0 aliphatic heterocycles. The van der Waals surface area contributed by atoms with Gasteiger partial charge in [0.2, 0.25) is 11.8 Å². The van der Waals surface area contributed by atoms with Crippen molar-refractivity contribution >= 4 is 23.1 Å². The molecule has 2 aromatic rings. The lowest BCUT2D eigenvalue weighted by molar-refractivity contribution is -0.116. The fourth-order valence-electron chi connectivity index (χ4n) is 2.53. The summed E-state index contributed by atoms with van der Waals surface area (Å²) < 4.78 is 5.53. The van der Waals surface area contributed by atoms with Crippen molar-refractivity contribution in [3.05, 3.63) is 36.2 Å². The molecule has 1 fully saturated rings. The molecule has 22 heavy (non-hydrogen) atoms. The zero-order chi connectivity index (χ0) is 15.4. The minimum Gasteiger partial charge on any atom is -0.437 e. The van der Waals surface area contributed by atoms with E-state index in [0.717, 1.165) is 30.2 Å². The topological polar surface area (TPSA) is 58.4 Å². The van der Waals surface area contributed by atoms with Crippen molar-refractivity contribution in [3.8, 4) is 0 Å². The quantitative estimate of drug-likeness (QED) is 0.798. The van der Waals surface area contributed by atoms with E-state index in [9.17, 15) is 4.79 Å². The van der Waals surface area contributed by atoms with Gasteiger partial charge in [0.05, 0.1) is 0 Å². The van der Waals surface area contributed by atoms with Crippen molar-refractivity contribution in [2.75, 3.05) is 19.6 Å². The van der Waals surface area contributed by atoms with Crippen molar-refractivity contribution in [1.29, 1.82) is 0 Å². The van der Waals surface area contributed by atoms with Gasteiger partial charge in [0.15, 0.2) is 5.58 Å². The molecular weight excluding hydrogens is 278 g/mol. The standard InChI is InChI=1S/C17H21N3O2/c1-2-20(13-7-8-13)12-11-18-16(21)9-10-17-19-14-5-3-4-6-15(14)22-17/h3-6,9-10,13H,2,7-8,11-12H2,1H3,(H,18,21). The number of aromatic nitrogens is 1. The summed E-state index contributed by atoms with van der Waals surface area (Å²) in [6, 6.07) is 8.28. The Labute approximate surface area is 130 Å². The van der Waals surface area contributed by atoms with Gasteiger partial charge in [-0.05, 0) is 31.5 Å².